The first-order chi connectivity index (χ1) is 13.2. The summed E-state index contributed by atoms with van der Waals surface area (Å²) in [6.07, 6.45) is 1.81. The Hall–Kier alpha value is -3.28. The van der Waals surface area contributed by atoms with Crippen LogP contribution in [0, 0.1) is 0 Å². The van der Waals surface area contributed by atoms with E-state index < -0.39 is 0 Å². The first-order valence-corrected chi connectivity index (χ1v) is 8.86. The van der Waals surface area contributed by atoms with Crippen LogP contribution in [0.25, 0.3) is 10.9 Å². The molecule has 140 valence electrons. The van der Waals surface area contributed by atoms with Gasteiger partial charge in [0.1, 0.15) is 0 Å². The molecule has 6 nitrogen and oxygen atoms in total. The molecule has 0 spiro atoms. The lowest BCUT2D eigenvalue weighted by molar-refractivity contribution is 0.311. The van der Waals surface area contributed by atoms with Gasteiger partial charge in [-0.3, -0.25) is 9.98 Å². The molecule has 0 bridgehead atoms. The maximum Gasteiger partial charge on any atom is 0.195 e. The number of para-hydroxylation sites is 1. The topological polar surface area (TPSA) is 67.8 Å². The molecule has 0 aliphatic heterocycles. The maximum absolute atomic E-state index is 5.55. The van der Waals surface area contributed by atoms with Crippen LogP contribution in [0.3, 0.4) is 0 Å². The Morgan fingerprint density at radius 1 is 1.11 bits per heavy atom. The van der Waals surface area contributed by atoms with Crippen LogP contribution in [0.15, 0.2) is 59.7 Å². The molecule has 0 saturated heterocycles. The normalized spacial score (nSPS) is 11.3. The van der Waals surface area contributed by atoms with Crippen LogP contribution < -0.4 is 20.1 Å². The van der Waals surface area contributed by atoms with Crippen molar-refractivity contribution >= 4 is 22.5 Å². The second-order valence-electron chi connectivity index (χ2n) is 5.84. The van der Waals surface area contributed by atoms with Crippen molar-refractivity contribution in [3.05, 3.63) is 60.3 Å². The fourth-order valence-electron chi connectivity index (χ4n) is 2.82. The largest absolute Gasteiger partial charge is 0.493 e. The number of ether oxygens (including phenoxy) is 2. The molecule has 0 radical (unpaired) electrons. The molecule has 0 amide bonds. The smallest absolute Gasteiger partial charge is 0.195 e. The summed E-state index contributed by atoms with van der Waals surface area (Å²) in [5, 5.41) is 7.73. The van der Waals surface area contributed by atoms with Gasteiger partial charge in [0.05, 0.1) is 19.2 Å². The van der Waals surface area contributed by atoms with Crippen LogP contribution in [0.5, 0.6) is 11.5 Å². The third-order valence-electron chi connectivity index (χ3n) is 4.11. The van der Waals surface area contributed by atoms with Gasteiger partial charge in [0.2, 0.25) is 0 Å². The summed E-state index contributed by atoms with van der Waals surface area (Å²) in [4.78, 5) is 8.78. The van der Waals surface area contributed by atoms with E-state index in [1.54, 1.807) is 14.2 Å². The van der Waals surface area contributed by atoms with Gasteiger partial charge in [0, 0.05) is 36.9 Å². The summed E-state index contributed by atoms with van der Waals surface area (Å²) in [7, 11) is 3.37. The molecule has 3 aromatic rings. The summed E-state index contributed by atoms with van der Waals surface area (Å²) in [5.74, 6) is 2.06. The van der Waals surface area contributed by atoms with E-state index in [0.717, 1.165) is 27.9 Å². The molecule has 6 heteroatoms. The van der Waals surface area contributed by atoms with Crippen molar-refractivity contribution in [3.63, 3.8) is 0 Å². The lowest BCUT2D eigenvalue weighted by atomic mass is 10.1. The molecule has 0 unspecified atom stereocenters. The molecule has 0 saturated carbocycles. The number of fused-ring (bicyclic) bond motifs is 1. The molecule has 1 aromatic heterocycles. The van der Waals surface area contributed by atoms with Crippen molar-refractivity contribution in [2.24, 2.45) is 4.99 Å². The van der Waals surface area contributed by atoms with Gasteiger partial charge in [-0.15, -0.1) is 0 Å². The van der Waals surface area contributed by atoms with Crippen LogP contribution in [0.2, 0.25) is 0 Å². The summed E-state index contributed by atoms with van der Waals surface area (Å²) in [6, 6.07) is 15.9. The summed E-state index contributed by atoms with van der Waals surface area (Å²) in [6.45, 7) is 3.15. The molecule has 2 N–H and O–H groups in total. The van der Waals surface area contributed by atoms with Gasteiger partial charge in [-0.25, -0.2) is 0 Å². The molecule has 0 aliphatic carbocycles. The van der Waals surface area contributed by atoms with E-state index in [9.17, 15) is 0 Å². The zero-order chi connectivity index (χ0) is 19.1. The predicted octanol–water partition coefficient (Wildman–Crippen LogP) is 3.83. The first kappa shape index (κ1) is 18.5. The molecule has 27 heavy (non-hydrogen) atoms. The number of nitrogens with zero attached hydrogens (tertiary/aromatic N) is 2. The van der Waals surface area contributed by atoms with Crippen molar-refractivity contribution in [1.29, 1.82) is 0 Å². The van der Waals surface area contributed by atoms with Gasteiger partial charge in [-0.2, -0.15) is 0 Å². The Bertz CT molecular complexity index is 935. The van der Waals surface area contributed by atoms with Gasteiger partial charge in [-0.1, -0.05) is 24.3 Å². The van der Waals surface area contributed by atoms with E-state index in [0.29, 0.717) is 24.9 Å². The van der Waals surface area contributed by atoms with Crippen LogP contribution in [0.4, 0.5) is 5.69 Å². The number of aliphatic imine (C=N–C) groups is 1. The van der Waals surface area contributed by atoms with Crippen LogP contribution in [-0.2, 0) is 6.54 Å². The average Bonchev–Trinajstić information content (AvgIpc) is 2.72. The number of anilines is 1. The molecular weight excluding hydrogens is 340 g/mol. The van der Waals surface area contributed by atoms with Gasteiger partial charge in [-0.05, 0) is 30.7 Å². The molecule has 0 fully saturated rings. The minimum atomic E-state index is 0.589. The number of hydrogen-bond acceptors (Lipinski definition) is 4. The molecule has 1 heterocycles. The van der Waals surface area contributed by atoms with Gasteiger partial charge >= 0.3 is 0 Å². The van der Waals surface area contributed by atoms with E-state index in [-0.39, 0.29) is 0 Å². The SMILES string of the molecule is CCOc1ccc(NC(=NC)NCc2cccc3cccnc23)cc1OC. The van der Waals surface area contributed by atoms with Gasteiger partial charge < -0.3 is 20.1 Å². The fraction of sp³-hybridized carbons (Fsp3) is 0.238. The molecule has 3 rings (SSSR count). The highest BCUT2D eigenvalue weighted by Gasteiger charge is 2.08. The second kappa shape index (κ2) is 8.89. The number of methoxy groups -OCH3 is 1. The number of rotatable bonds is 6. The third kappa shape index (κ3) is 4.47. The molecule has 2 aromatic carbocycles. The first-order valence-electron chi connectivity index (χ1n) is 8.86. The minimum absolute atomic E-state index is 0.589. The van der Waals surface area contributed by atoms with E-state index >= 15 is 0 Å². The Kier molecular flexibility index (Phi) is 6.10. The highest BCUT2D eigenvalue weighted by atomic mass is 16.5. The third-order valence-corrected chi connectivity index (χ3v) is 4.11. The standard InChI is InChI=1S/C21H24N4O2/c1-4-27-18-11-10-17(13-19(18)26-3)25-21(22-2)24-14-16-8-5-7-15-9-6-12-23-20(15)16/h5-13H,4,14H2,1-3H3,(H2,22,24,25). The minimum Gasteiger partial charge on any atom is -0.493 e. The zero-order valence-electron chi connectivity index (χ0n) is 15.8. The number of hydrogen-bond donors (Lipinski definition) is 2. The van der Waals surface area contributed by atoms with Gasteiger partial charge in [0.15, 0.2) is 17.5 Å². The van der Waals surface area contributed by atoms with E-state index in [1.807, 2.05) is 43.5 Å². The van der Waals surface area contributed by atoms with Crippen molar-refractivity contribution in [1.82, 2.24) is 10.3 Å². The zero-order valence-corrected chi connectivity index (χ0v) is 15.8. The fourth-order valence-corrected chi connectivity index (χ4v) is 2.82. The number of guanidine groups is 1. The average molecular weight is 364 g/mol. The van der Waals surface area contributed by atoms with Crippen molar-refractivity contribution < 1.29 is 9.47 Å². The monoisotopic (exact) mass is 364 g/mol. The van der Waals surface area contributed by atoms with Crippen molar-refractivity contribution in [3.8, 4) is 11.5 Å². The second-order valence-corrected chi connectivity index (χ2v) is 5.84. The Labute approximate surface area is 159 Å². The van der Waals surface area contributed by atoms with Gasteiger partial charge in [0.25, 0.3) is 0 Å². The number of benzene rings is 2. The van der Waals surface area contributed by atoms with Crippen molar-refractivity contribution in [2.45, 2.75) is 13.5 Å². The molecule has 0 atom stereocenters. The molecule has 0 aliphatic rings. The number of aromatic nitrogens is 1. The Balaban J connectivity index is 1.71. The highest BCUT2D eigenvalue weighted by Crippen LogP contribution is 2.30. The van der Waals surface area contributed by atoms with Crippen molar-refractivity contribution in [2.75, 3.05) is 26.1 Å². The lowest BCUT2D eigenvalue weighted by Gasteiger charge is -2.15. The van der Waals surface area contributed by atoms with E-state index in [1.165, 1.54) is 0 Å². The predicted molar refractivity (Wildman–Crippen MR) is 110 cm³/mol. The number of pyridine rings is 1. The van der Waals surface area contributed by atoms with E-state index in [2.05, 4.69) is 38.8 Å². The quantitative estimate of drug-likeness (QED) is 0.514. The molecular formula is C21H24N4O2. The lowest BCUT2D eigenvalue weighted by Crippen LogP contribution is -2.30. The van der Waals surface area contributed by atoms with Crippen LogP contribution >= 0.6 is 0 Å². The summed E-state index contributed by atoms with van der Waals surface area (Å²) in [5.41, 5.74) is 2.96. The van der Waals surface area contributed by atoms with Crippen LogP contribution in [0.1, 0.15) is 12.5 Å². The van der Waals surface area contributed by atoms with Crippen LogP contribution in [-0.4, -0.2) is 31.7 Å². The summed E-state index contributed by atoms with van der Waals surface area (Å²) >= 11 is 0. The van der Waals surface area contributed by atoms with E-state index in [4.69, 9.17) is 9.47 Å². The Morgan fingerprint density at radius 2 is 1.96 bits per heavy atom. The highest BCUT2D eigenvalue weighted by molar-refractivity contribution is 5.94. The summed E-state index contributed by atoms with van der Waals surface area (Å²) < 4.78 is 11.0. The Morgan fingerprint density at radius 3 is 2.74 bits per heavy atom. The maximum atomic E-state index is 5.55. The number of nitrogens with one attached hydrogen (secondary N) is 2.